The summed E-state index contributed by atoms with van der Waals surface area (Å²) < 4.78 is 19.3. The van der Waals surface area contributed by atoms with Gasteiger partial charge in [0.25, 0.3) is 0 Å². The molecule has 1 aliphatic heterocycles. The molecule has 1 fully saturated rings. The Bertz CT molecular complexity index is 992. The predicted molar refractivity (Wildman–Crippen MR) is 151 cm³/mol. The number of halogens is 1. The number of hydrogen-bond donors (Lipinski definition) is 0. The summed E-state index contributed by atoms with van der Waals surface area (Å²) in [6, 6.07) is 4.02. The van der Waals surface area contributed by atoms with Crippen LogP contribution in [0.15, 0.2) is 12.1 Å². The molecule has 1 saturated carbocycles. The lowest BCUT2D eigenvalue weighted by Gasteiger charge is -2.48. The number of benzene rings is 1. The third kappa shape index (κ3) is 5.87. The SMILES string of the molecule is CC(C)(C(=O)OCCCCBr)c1cc2c(c(O[Si](C)(C)C(C)(C)C)c1)[C@@H]1CC(=O)CC[C@H]1C(C)(C)O2. The first kappa shape index (κ1) is 29.2. The summed E-state index contributed by atoms with van der Waals surface area (Å²) in [5.41, 5.74) is 0.534. The van der Waals surface area contributed by atoms with E-state index in [-0.39, 0.29) is 22.8 Å². The fraction of sp³-hybridized carbons (Fsp3) is 0.724. The molecule has 3 rings (SSSR count). The molecule has 0 unspecified atom stereocenters. The molecule has 1 heterocycles. The van der Waals surface area contributed by atoms with Crippen LogP contribution < -0.4 is 9.16 Å². The largest absolute Gasteiger partial charge is 0.543 e. The lowest BCUT2D eigenvalue weighted by atomic mass is 9.66. The summed E-state index contributed by atoms with van der Waals surface area (Å²) in [6.07, 6.45) is 3.72. The summed E-state index contributed by atoms with van der Waals surface area (Å²) >= 11 is 3.42. The van der Waals surface area contributed by atoms with Crippen LogP contribution in [0.1, 0.15) is 97.6 Å². The summed E-state index contributed by atoms with van der Waals surface area (Å²) in [5.74, 6) is 1.85. The molecule has 0 saturated heterocycles. The van der Waals surface area contributed by atoms with E-state index in [2.05, 4.69) is 63.6 Å². The molecule has 5 nitrogen and oxygen atoms in total. The van der Waals surface area contributed by atoms with Crippen molar-refractivity contribution in [3.63, 3.8) is 0 Å². The fourth-order valence-corrected chi connectivity index (χ4v) is 6.51. The van der Waals surface area contributed by atoms with Gasteiger partial charge in [0.1, 0.15) is 22.9 Å². The van der Waals surface area contributed by atoms with E-state index < -0.39 is 19.3 Å². The summed E-state index contributed by atoms with van der Waals surface area (Å²) in [7, 11) is -2.21. The van der Waals surface area contributed by atoms with Gasteiger partial charge in [-0.1, -0.05) is 36.7 Å². The molecule has 36 heavy (non-hydrogen) atoms. The predicted octanol–water partition coefficient (Wildman–Crippen LogP) is 7.69. The first-order valence-electron chi connectivity index (χ1n) is 13.3. The lowest BCUT2D eigenvalue weighted by Crippen LogP contribution is -2.48. The molecule has 0 spiro atoms. The van der Waals surface area contributed by atoms with Gasteiger partial charge in [-0.15, -0.1) is 0 Å². The third-order valence-corrected chi connectivity index (χ3v) is 13.5. The number of hydrogen-bond acceptors (Lipinski definition) is 5. The standard InChI is InChI=1S/C29H45BrO5Si/c1-27(2,3)36(8,9)35-24-17-19(28(4,5)26(32)33-15-11-10-14-30)16-23-25(24)21-18-20(31)12-13-22(21)29(6,7)34-23/h16-17,21-22H,10-15,18H2,1-9H3/t21-,22-/m1/s1. The van der Waals surface area contributed by atoms with Crippen molar-refractivity contribution >= 4 is 36.0 Å². The second-order valence-electron chi connectivity index (χ2n) is 13.1. The van der Waals surface area contributed by atoms with Crippen LogP contribution in [0.25, 0.3) is 0 Å². The van der Waals surface area contributed by atoms with E-state index in [0.717, 1.165) is 47.2 Å². The molecule has 0 N–H and O–H groups in total. The maximum Gasteiger partial charge on any atom is 0.315 e. The highest BCUT2D eigenvalue weighted by Crippen LogP contribution is 2.55. The van der Waals surface area contributed by atoms with Crippen molar-refractivity contribution < 1.29 is 23.5 Å². The normalized spacial score (nSPS) is 21.8. The van der Waals surface area contributed by atoms with Crippen LogP contribution in [0.2, 0.25) is 18.1 Å². The van der Waals surface area contributed by atoms with E-state index in [0.29, 0.717) is 25.2 Å². The number of ketones is 1. The summed E-state index contributed by atoms with van der Waals surface area (Å²) in [5, 5.41) is 0.890. The minimum absolute atomic E-state index is 0.00363. The van der Waals surface area contributed by atoms with Crippen LogP contribution in [-0.2, 0) is 19.7 Å². The minimum atomic E-state index is -2.21. The van der Waals surface area contributed by atoms with Crippen molar-refractivity contribution in [2.75, 3.05) is 11.9 Å². The molecule has 0 bridgehead atoms. The molecular formula is C29H45BrO5Si. The quantitative estimate of drug-likeness (QED) is 0.136. The Morgan fingerprint density at radius 1 is 1.17 bits per heavy atom. The Hall–Kier alpha value is -1.34. The Labute approximate surface area is 227 Å². The van der Waals surface area contributed by atoms with Crippen LogP contribution in [0.3, 0.4) is 0 Å². The van der Waals surface area contributed by atoms with Crippen LogP contribution in [0.4, 0.5) is 0 Å². The van der Waals surface area contributed by atoms with Gasteiger partial charge in [-0.3, -0.25) is 9.59 Å². The highest BCUT2D eigenvalue weighted by Gasteiger charge is 2.49. The highest BCUT2D eigenvalue weighted by atomic mass is 79.9. The number of unbranched alkanes of at least 4 members (excludes halogenated alkanes) is 1. The van der Waals surface area contributed by atoms with Gasteiger partial charge in [0.15, 0.2) is 0 Å². The van der Waals surface area contributed by atoms with E-state index in [1.807, 2.05) is 26.0 Å². The molecule has 7 heteroatoms. The van der Waals surface area contributed by atoms with Crippen LogP contribution in [0.5, 0.6) is 11.5 Å². The van der Waals surface area contributed by atoms with E-state index in [1.165, 1.54) is 0 Å². The highest BCUT2D eigenvalue weighted by molar-refractivity contribution is 9.09. The lowest BCUT2D eigenvalue weighted by molar-refractivity contribution is -0.149. The zero-order valence-electron chi connectivity index (χ0n) is 23.7. The molecule has 1 aliphatic carbocycles. The number of fused-ring (bicyclic) bond motifs is 3. The fourth-order valence-electron chi connectivity index (χ4n) is 5.09. The van der Waals surface area contributed by atoms with Crippen molar-refractivity contribution in [1.29, 1.82) is 0 Å². The van der Waals surface area contributed by atoms with Crippen LogP contribution >= 0.6 is 15.9 Å². The van der Waals surface area contributed by atoms with E-state index >= 15 is 0 Å². The molecule has 0 radical (unpaired) electrons. The van der Waals surface area contributed by atoms with Crippen molar-refractivity contribution in [3.05, 3.63) is 23.3 Å². The Balaban J connectivity index is 2.12. The van der Waals surface area contributed by atoms with Gasteiger partial charge in [-0.05, 0) is 82.8 Å². The molecule has 2 aliphatic rings. The second-order valence-corrected chi connectivity index (χ2v) is 18.6. The van der Waals surface area contributed by atoms with E-state index in [4.69, 9.17) is 13.9 Å². The monoisotopic (exact) mass is 580 g/mol. The zero-order chi connectivity index (χ0) is 27.1. The Morgan fingerprint density at radius 3 is 2.44 bits per heavy atom. The number of carbonyl (C=O) groups is 2. The Kier molecular flexibility index (Phi) is 8.47. The molecule has 1 aromatic rings. The maximum atomic E-state index is 13.2. The maximum absolute atomic E-state index is 13.2. The van der Waals surface area contributed by atoms with Crippen LogP contribution in [0, 0.1) is 5.92 Å². The number of esters is 1. The summed E-state index contributed by atoms with van der Waals surface area (Å²) in [4.78, 5) is 25.8. The van der Waals surface area contributed by atoms with Gasteiger partial charge in [-0.2, -0.15) is 0 Å². The zero-order valence-corrected chi connectivity index (χ0v) is 26.3. The van der Waals surface area contributed by atoms with Gasteiger partial charge in [0, 0.05) is 35.6 Å². The van der Waals surface area contributed by atoms with Gasteiger partial charge in [-0.25, -0.2) is 0 Å². The molecule has 0 amide bonds. The van der Waals surface area contributed by atoms with E-state index in [1.54, 1.807) is 0 Å². The van der Waals surface area contributed by atoms with Crippen molar-refractivity contribution in [2.24, 2.45) is 5.92 Å². The van der Waals surface area contributed by atoms with Crippen molar-refractivity contribution in [3.8, 4) is 11.5 Å². The molecule has 1 aromatic carbocycles. The number of alkyl halides is 1. The average molecular weight is 582 g/mol. The third-order valence-electron chi connectivity index (χ3n) is 8.57. The number of Topliss-reactive ketones (excluding diaryl/α,β-unsaturated/α-hetero) is 1. The molecule has 0 aromatic heterocycles. The smallest absolute Gasteiger partial charge is 0.315 e. The average Bonchev–Trinajstić information content (AvgIpc) is 2.74. The van der Waals surface area contributed by atoms with Gasteiger partial charge >= 0.3 is 5.97 Å². The second kappa shape index (κ2) is 10.4. The first-order valence-corrected chi connectivity index (χ1v) is 17.4. The number of ether oxygens (including phenoxy) is 2. The summed E-state index contributed by atoms with van der Waals surface area (Å²) in [6.45, 7) is 19.6. The molecule has 2 atom stereocenters. The van der Waals surface area contributed by atoms with Crippen molar-refractivity contribution in [2.45, 2.75) is 116 Å². The van der Waals surface area contributed by atoms with E-state index in [9.17, 15) is 9.59 Å². The first-order chi connectivity index (χ1) is 16.5. The Morgan fingerprint density at radius 2 is 1.83 bits per heavy atom. The molecule has 202 valence electrons. The number of carbonyl (C=O) groups excluding carboxylic acids is 2. The van der Waals surface area contributed by atoms with Gasteiger partial charge in [0.05, 0.1) is 12.0 Å². The van der Waals surface area contributed by atoms with Crippen LogP contribution in [-0.4, -0.2) is 37.6 Å². The van der Waals surface area contributed by atoms with Gasteiger partial charge < -0.3 is 13.9 Å². The molecular weight excluding hydrogens is 536 g/mol. The minimum Gasteiger partial charge on any atom is -0.543 e. The topological polar surface area (TPSA) is 61.8 Å². The van der Waals surface area contributed by atoms with Gasteiger partial charge in [0.2, 0.25) is 8.32 Å². The van der Waals surface area contributed by atoms with Crippen molar-refractivity contribution in [1.82, 2.24) is 0 Å². The number of rotatable bonds is 8.